The molecule has 1 aliphatic heterocycles. The third-order valence-electron chi connectivity index (χ3n) is 4.75. The number of piperidine rings is 1. The molecule has 0 atom stereocenters. The number of carbonyl (C=O) groups is 2. The minimum absolute atomic E-state index is 0.0150. The van der Waals surface area contributed by atoms with Gasteiger partial charge in [0, 0.05) is 12.5 Å². The number of furan rings is 1. The van der Waals surface area contributed by atoms with E-state index in [1.54, 1.807) is 24.5 Å². The van der Waals surface area contributed by atoms with E-state index < -0.39 is 0 Å². The number of benzene rings is 1. The number of likely N-dealkylation sites (tertiary alicyclic amines) is 1. The molecule has 1 aromatic heterocycles. The van der Waals surface area contributed by atoms with Gasteiger partial charge in [0.15, 0.2) is 0 Å². The summed E-state index contributed by atoms with van der Waals surface area (Å²) in [5, 5.41) is 5.74. The smallest absolute Gasteiger partial charge is 0.234 e. The lowest BCUT2D eigenvalue weighted by atomic mass is 9.96. The van der Waals surface area contributed by atoms with Crippen LogP contribution in [-0.4, -0.2) is 36.3 Å². The first-order valence-corrected chi connectivity index (χ1v) is 9.14. The second-order valence-electron chi connectivity index (χ2n) is 6.75. The predicted octanol–water partition coefficient (Wildman–Crippen LogP) is 2.06. The summed E-state index contributed by atoms with van der Waals surface area (Å²) < 4.78 is 18.1. The molecule has 7 heteroatoms. The van der Waals surface area contributed by atoms with E-state index in [4.69, 9.17) is 4.42 Å². The van der Waals surface area contributed by atoms with Crippen LogP contribution in [0.2, 0.25) is 0 Å². The van der Waals surface area contributed by atoms with E-state index in [0.29, 0.717) is 32.7 Å². The van der Waals surface area contributed by atoms with Gasteiger partial charge in [0.1, 0.15) is 11.6 Å². The molecular formula is C20H24FN3O3. The Morgan fingerprint density at radius 1 is 1.07 bits per heavy atom. The molecule has 0 saturated carbocycles. The van der Waals surface area contributed by atoms with Crippen LogP contribution in [0.4, 0.5) is 4.39 Å². The van der Waals surface area contributed by atoms with Crippen LogP contribution in [0.15, 0.2) is 47.1 Å². The summed E-state index contributed by atoms with van der Waals surface area (Å²) in [6.07, 6.45) is 3.02. The summed E-state index contributed by atoms with van der Waals surface area (Å²) in [5.74, 6) is 0.352. The van der Waals surface area contributed by atoms with Gasteiger partial charge >= 0.3 is 0 Å². The number of carbonyl (C=O) groups excluding carboxylic acids is 2. The third kappa shape index (κ3) is 5.92. The van der Waals surface area contributed by atoms with Gasteiger partial charge in [0.05, 0.1) is 19.4 Å². The Morgan fingerprint density at radius 2 is 1.81 bits per heavy atom. The number of nitrogens with zero attached hydrogens (tertiary/aromatic N) is 1. The summed E-state index contributed by atoms with van der Waals surface area (Å²) in [7, 11) is 0. The van der Waals surface area contributed by atoms with Gasteiger partial charge in [0.25, 0.3) is 0 Å². The van der Waals surface area contributed by atoms with Crippen LogP contribution in [0, 0.1) is 11.7 Å². The number of amides is 2. The molecule has 1 aromatic carbocycles. The summed E-state index contributed by atoms with van der Waals surface area (Å²) in [6, 6.07) is 9.71. The molecule has 0 unspecified atom stereocenters. The molecule has 0 radical (unpaired) electrons. The van der Waals surface area contributed by atoms with Crippen LogP contribution in [0.3, 0.4) is 0 Å². The molecule has 1 fully saturated rings. The fourth-order valence-electron chi connectivity index (χ4n) is 3.15. The van der Waals surface area contributed by atoms with Crippen LogP contribution in [0.1, 0.15) is 24.2 Å². The maximum absolute atomic E-state index is 12.9. The topological polar surface area (TPSA) is 74.6 Å². The van der Waals surface area contributed by atoms with Gasteiger partial charge in [0.2, 0.25) is 11.8 Å². The number of rotatable bonds is 7. The van der Waals surface area contributed by atoms with Gasteiger partial charge in [-0.05, 0) is 55.8 Å². The first-order chi connectivity index (χ1) is 13.1. The highest BCUT2D eigenvalue weighted by atomic mass is 19.1. The number of halogens is 1. The normalized spacial score (nSPS) is 15.4. The maximum atomic E-state index is 12.9. The Bertz CT molecular complexity index is 738. The molecule has 1 saturated heterocycles. The van der Waals surface area contributed by atoms with Crippen LogP contribution in [-0.2, 0) is 22.7 Å². The van der Waals surface area contributed by atoms with E-state index in [9.17, 15) is 14.0 Å². The van der Waals surface area contributed by atoms with Crippen LogP contribution >= 0.6 is 0 Å². The van der Waals surface area contributed by atoms with Crippen molar-refractivity contribution in [2.75, 3.05) is 19.6 Å². The summed E-state index contributed by atoms with van der Waals surface area (Å²) in [5.41, 5.74) is 0.871. The van der Waals surface area contributed by atoms with Crippen molar-refractivity contribution < 1.29 is 18.4 Å². The molecule has 2 heterocycles. The Kier molecular flexibility index (Phi) is 6.59. The van der Waals surface area contributed by atoms with Crippen molar-refractivity contribution in [3.8, 4) is 0 Å². The zero-order valence-electron chi connectivity index (χ0n) is 15.1. The van der Waals surface area contributed by atoms with Gasteiger partial charge in [-0.1, -0.05) is 12.1 Å². The van der Waals surface area contributed by atoms with Crippen molar-refractivity contribution >= 4 is 11.8 Å². The molecule has 3 rings (SSSR count). The Labute approximate surface area is 157 Å². The monoisotopic (exact) mass is 373 g/mol. The number of hydrogen-bond donors (Lipinski definition) is 2. The van der Waals surface area contributed by atoms with Gasteiger partial charge in [-0.15, -0.1) is 0 Å². The molecule has 0 bridgehead atoms. The molecule has 2 N–H and O–H groups in total. The highest BCUT2D eigenvalue weighted by molar-refractivity contribution is 5.79. The summed E-state index contributed by atoms with van der Waals surface area (Å²) in [6.45, 7) is 2.53. The van der Waals surface area contributed by atoms with Crippen molar-refractivity contribution in [3.05, 3.63) is 59.8 Å². The van der Waals surface area contributed by atoms with E-state index >= 15 is 0 Å². The quantitative estimate of drug-likeness (QED) is 0.779. The molecule has 0 spiro atoms. The first kappa shape index (κ1) is 19.1. The molecule has 6 nitrogen and oxygen atoms in total. The van der Waals surface area contributed by atoms with Crippen molar-refractivity contribution in [2.24, 2.45) is 5.92 Å². The first-order valence-electron chi connectivity index (χ1n) is 9.14. The minimum atomic E-state index is -0.286. The highest BCUT2D eigenvalue weighted by Gasteiger charge is 2.25. The minimum Gasteiger partial charge on any atom is -0.467 e. The van der Waals surface area contributed by atoms with Crippen LogP contribution in [0.25, 0.3) is 0 Å². The lowest BCUT2D eigenvalue weighted by Gasteiger charge is -2.30. The fraction of sp³-hybridized carbons (Fsp3) is 0.400. The number of hydrogen-bond acceptors (Lipinski definition) is 4. The largest absolute Gasteiger partial charge is 0.467 e. The molecule has 144 valence electrons. The van der Waals surface area contributed by atoms with E-state index in [2.05, 4.69) is 15.5 Å². The average molecular weight is 373 g/mol. The maximum Gasteiger partial charge on any atom is 0.234 e. The van der Waals surface area contributed by atoms with E-state index in [1.165, 1.54) is 12.1 Å². The van der Waals surface area contributed by atoms with Gasteiger partial charge < -0.3 is 15.1 Å². The zero-order chi connectivity index (χ0) is 19.1. The lowest BCUT2D eigenvalue weighted by molar-refractivity contribution is -0.127. The van der Waals surface area contributed by atoms with E-state index in [1.807, 2.05) is 6.07 Å². The highest BCUT2D eigenvalue weighted by Crippen LogP contribution is 2.17. The Hall–Kier alpha value is -2.67. The fourth-order valence-corrected chi connectivity index (χ4v) is 3.15. The lowest BCUT2D eigenvalue weighted by Crippen LogP contribution is -2.44. The van der Waals surface area contributed by atoms with Crippen molar-refractivity contribution in [1.82, 2.24) is 15.5 Å². The molecular weight excluding hydrogens is 349 g/mol. The number of nitrogens with one attached hydrogen (secondary N) is 2. The standard InChI is InChI=1S/C20H24FN3O3/c21-17-5-3-15(4-6-17)12-23-20(26)16-7-9-24(10-8-16)14-19(25)22-13-18-2-1-11-27-18/h1-6,11,16H,7-10,12-14H2,(H,22,25)(H,23,26). The summed E-state index contributed by atoms with van der Waals surface area (Å²) in [4.78, 5) is 26.4. The predicted molar refractivity (Wildman–Crippen MR) is 98.0 cm³/mol. The Morgan fingerprint density at radius 3 is 2.48 bits per heavy atom. The van der Waals surface area contributed by atoms with Gasteiger partial charge in [-0.25, -0.2) is 4.39 Å². The average Bonchev–Trinajstić information content (AvgIpc) is 3.20. The van der Waals surface area contributed by atoms with Crippen molar-refractivity contribution in [1.29, 1.82) is 0 Å². The van der Waals surface area contributed by atoms with Gasteiger partial charge in [-0.2, -0.15) is 0 Å². The second kappa shape index (κ2) is 9.32. The van der Waals surface area contributed by atoms with Crippen molar-refractivity contribution in [2.45, 2.75) is 25.9 Å². The van der Waals surface area contributed by atoms with Crippen LogP contribution in [0.5, 0.6) is 0 Å². The summed E-state index contributed by atoms with van der Waals surface area (Å²) >= 11 is 0. The SMILES string of the molecule is O=C(CN1CCC(C(=O)NCc2ccc(F)cc2)CC1)NCc1ccco1. The molecule has 2 amide bonds. The second-order valence-corrected chi connectivity index (χ2v) is 6.75. The Balaban J connectivity index is 1.34. The molecule has 0 aliphatic carbocycles. The van der Waals surface area contributed by atoms with Crippen molar-refractivity contribution in [3.63, 3.8) is 0 Å². The van der Waals surface area contributed by atoms with Crippen LogP contribution < -0.4 is 10.6 Å². The van der Waals surface area contributed by atoms with Gasteiger partial charge in [-0.3, -0.25) is 14.5 Å². The molecule has 27 heavy (non-hydrogen) atoms. The third-order valence-corrected chi connectivity index (χ3v) is 4.75. The van der Waals surface area contributed by atoms with E-state index in [0.717, 1.165) is 24.2 Å². The van der Waals surface area contributed by atoms with E-state index in [-0.39, 0.29) is 23.5 Å². The molecule has 1 aliphatic rings. The molecule has 2 aromatic rings. The zero-order valence-corrected chi connectivity index (χ0v) is 15.1.